The van der Waals surface area contributed by atoms with Gasteiger partial charge < -0.3 is 5.32 Å². The lowest BCUT2D eigenvalue weighted by Crippen LogP contribution is -2.43. The van der Waals surface area contributed by atoms with E-state index in [1.54, 1.807) is 4.90 Å². The second-order valence-electron chi connectivity index (χ2n) is 3.96. The second kappa shape index (κ2) is 5.51. The fourth-order valence-electron chi connectivity index (χ4n) is 1.94. The predicted molar refractivity (Wildman–Crippen MR) is 53.7 cm³/mol. The van der Waals surface area contributed by atoms with Crippen molar-refractivity contribution >= 4 is 0 Å². The van der Waals surface area contributed by atoms with Crippen LogP contribution in [0.5, 0.6) is 0 Å². The van der Waals surface area contributed by atoms with Crippen LogP contribution in [0.2, 0.25) is 0 Å². The van der Waals surface area contributed by atoms with E-state index in [4.69, 9.17) is 5.26 Å². The van der Waals surface area contributed by atoms with Crippen LogP contribution in [0.4, 0.5) is 13.2 Å². The molecule has 1 heterocycles. The van der Waals surface area contributed by atoms with Gasteiger partial charge in [-0.1, -0.05) is 6.92 Å². The molecule has 0 aliphatic carbocycles. The van der Waals surface area contributed by atoms with Crippen LogP contribution in [0.1, 0.15) is 13.3 Å². The van der Waals surface area contributed by atoms with Gasteiger partial charge in [0.25, 0.3) is 0 Å². The Balaban J connectivity index is 2.58. The van der Waals surface area contributed by atoms with Crippen LogP contribution >= 0.6 is 0 Å². The second-order valence-corrected chi connectivity index (χ2v) is 3.96. The lowest BCUT2D eigenvalue weighted by atomic mass is 10.1. The number of nitriles is 1. The van der Waals surface area contributed by atoms with E-state index in [0.717, 1.165) is 13.0 Å². The summed E-state index contributed by atoms with van der Waals surface area (Å²) in [6.45, 7) is 3.70. The molecule has 6 heteroatoms. The van der Waals surface area contributed by atoms with E-state index in [9.17, 15) is 13.2 Å². The Labute approximate surface area is 93.2 Å². The van der Waals surface area contributed by atoms with Gasteiger partial charge in [-0.25, -0.2) is 0 Å². The smallest absolute Gasteiger partial charge is 0.315 e. The zero-order chi connectivity index (χ0) is 12.2. The minimum atomic E-state index is -4.42. The van der Waals surface area contributed by atoms with Crippen molar-refractivity contribution in [1.29, 1.82) is 5.26 Å². The van der Waals surface area contributed by atoms with Crippen LogP contribution in [0, 0.1) is 17.2 Å². The lowest BCUT2D eigenvalue weighted by Gasteiger charge is -2.29. The third-order valence-electron chi connectivity index (χ3n) is 2.92. The summed E-state index contributed by atoms with van der Waals surface area (Å²) in [5.74, 6) is -1.88. The molecule has 2 unspecified atom stereocenters. The van der Waals surface area contributed by atoms with Gasteiger partial charge in [0, 0.05) is 19.1 Å². The molecule has 0 saturated carbocycles. The topological polar surface area (TPSA) is 39.1 Å². The third-order valence-corrected chi connectivity index (χ3v) is 2.92. The van der Waals surface area contributed by atoms with Crippen LogP contribution < -0.4 is 5.32 Å². The maximum Gasteiger partial charge on any atom is 0.405 e. The van der Waals surface area contributed by atoms with Crippen LogP contribution in [-0.2, 0) is 0 Å². The zero-order valence-electron chi connectivity index (χ0n) is 9.22. The Bertz CT molecular complexity index is 253. The molecular formula is C10H16F3N3. The first-order chi connectivity index (χ1) is 7.49. The quantitative estimate of drug-likeness (QED) is 0.800. The van der Waals surface area contributed by atoms with E-state index < -0.39 is 12.1 Å². The fraction of sp³-hybridized carbons (Fsp3) is 0.900. The molecule has 1 aliphatic heterocycles. The molecule has 92 valence electrons. The van der Waals surface area contributed by atoms with Gasteiger partial charge in [0.05, 0.1) is 6.07 Å². The Kier molecular flexibility index (Phi) is 4.56. The number of hydrogen-bond acceptors (Lipinski definition) is 3. The fourth-order valence-corrected chi connectivity index (χ4v) is 1.94. The number of hydrogen-bond donors (Lipinski definition) is 1. The summed E-state index contributed by atoms with van der Waals surface area (Å²) < 4.78 is 37.3. The molecule has 0 aromatic heterocycles. The van der Waals surface area contributed by atoms with Crippen molar-refractivity contribution in [3.63, 3.8) is 0 Å². The highest BCUT2D eigenvalue weighted by Gasteiger charge is 2.41. The monoisotopic (exact) mass is 235 g/mol. The van der Waals surface area contributed by atoms with E-state index in [0.29, 0.717) is 13.1 Å². The summed E-state index contributed by atoms with van der Waals surface area (Å²) in [6, 6.07) is 1.47. The Hall–Kier alpha value is -0.800. The molecule has 1 saturated heterocycles. The number of nitrogens with zero attached hydrogens (tertiary/aromatic N) is 2. The number of halogens is 3. The number of nitrogens with one attached hydrogen (secondary N) is 1. The predicted octanol–water partition coefficient (Wildman–Crippen LogP) is 1.37. The van der Waals surface area contributed by atoms with Gasteiger partial charge in [-0.2, -0.15) is 18.4 Å². The summed E-state index contributed by atoms with van der Waals surface area (Å²) in [5.41, 5.74) is 0. The Morgan fingerprint density at radius 1 is 1.56 bits per heavy atom. The van der Waals surface area contributed by atoms with Gasteiger partial charge >= 0.3 is 6.18 Å². The average molecular weight is 235 g/mol. The van der Waals surface area contributed by atoms with Crippen molar-refractivity contribution in [3.05, 3.63) is 0 Å². The molecular weight excluding hydrogens is 219 g/mol. The maximum absolute atomic E-state index is 12.4. The Morgan fingerprint density at radius 3 is 2.62 bits per heavy atom. The van der Waals surface area contributed by atoms with Crippen molar-refractivity contribution in [2.24, 2.45) is 5.92 Å². The lowest BCUT2D eigenvalue weighted by molar-refractivity contribution is -0.164. The summed E-state index contributed by atoms with van der Waals surface area (Å²) in [7, 11) is 0. The molecule has 0 aromatic carbocycles. The zero-order valence-corrected chi connectivity index (χ0v) is 9.22. The highest BCUT2D eigenvalue weighted by molar-refractivity contribution is 4.92. The standard InChI is InChI=1S/C10H16F3N3/c1-2-16(9-3-4-15-6-9)7-8(5-14)10(11,12)13/h8-9,15H,2-4,6-7H2,1H3. The largest absolute Gasteiger partial charge is 0.405 e. The number of alkyl halides is 3. The summed E-state index contributed by atoms with van der Waals surface area (Å²) >= 11 is 0. The molecule has 0 radical (unpaired) electrons. The van der Waals surface area contributed by atoms with Crippen molar-refractivity contribution in [2.75, 3.05) is 26.2 Å². The Morgan fingerprint density at radius 2 is 2.25 bits per heavy atom. The molecule has 1 rings (SSSR count). The number of likely N-dealkylation sites (N-methyl/N-ethyl adjacent to an activating group) is 1. The SMILES string of the molecule is CCN(CC(C#N)C(F)(F)F)C1CCNC1. The van der Waals surface area contributed by atoms with E-state index in [1.165, 1.54) is 6.07 Å². The third kappa shape index (κ3) is 3.35. The van der Waals surface area contributed by atoms with Crippen LogP contribution in [0.15, 0.2) is 0 Å². The molecule has 2 atom stereocenters. The average Bonchev–Trinajstić information content (AvgIpc) is 2.70. The van der Waals surface area contributed by atoms with Crippen LogP contribution in [0.25, 0.3) is 0 Å². The first kappa shape index (κ1) is 13.3. The molecule has 1 N–H and O–H groups in total. The maximum atomic E-state index is 12.4. The van der Waals surface area contributed by atoms with Crippen molar-refractivity contribution in [3.8, 4) is 6.07 Å². The van der Waals surface area contributed by atoms with Crippen LogP contribution in [-0.4, -0.2) is 43.3 Å². The van der Waals surface area contributed by atoms with E-state index in [-0.39, 0.29) is 12.6 Å². The van der Waals surface area contributed by atoms with E-state index in [1.807, 2.05) is 6.92 Å². The highest BCUT2D eigenvalue weighted by Crippen LogP contribution is 2.27. The van der Waals surface area contributed by atoms with Gasteiger partial charge in [-0.3, -0.25) is 4.90 Å². The van der Waals surface area contributed by atoms with E-state index in [2.05, 4.69) is 5.32 Å². The van der Waals surface area contributed by atoms with Gasteiger partial charge in [-0.15, -0.1) is 0 Å². The van der Waals surface area contributed by atoms with Crippen molar-refractivity contribution in [2.45, 2.75) is 25.6 Å². The summed E-state index contributed by atoms with van der Waals surface area (Å²) in [6.07, 6.45) is -3.57. The van der Waals surface area contributed by atoms with Gasteiger partial charge in [-0.05, 0) is 19.5 Å². The minimum absolute atomic E-state index is 0.128. The molecule has 0 aromatic rings. The first-order valence-electron chi connectivity index (χ1n) is 5.40. The summed E-state index contributed by atoms with van der Waals surface area (Å²) in [4.78, 5) is 1.74. The van der Waals surface area contributed by atoms with Crippen molar-refractivity contribution in [1.82, 2.24) is 10.2 Å². The highest BCUT2D eigenvalue weighted by atomic mass is 19.4. The molecule has 0 amide bonds. The molecule has 16 heavy (non-hydrogen) atoms. The molecule has 0 bridgehead atoms. The normalized spacial score (nSPS) is 23.4. The molecule has 0 spiro atoms. The van der Waals surface area contributed by atoms with Crippen molar-refractivity contribution < 1.29 is 13.2 Å². The molecule has 1 aliphatic rings. The number of rotatable bonds is 4. The van der Waals surface area contributed by atoms with Gasteiger partial charge in [0.1, 0.15) is 0 Å². The van der Waals surface area contributed by atoms with Crippen LogP contribution in [0.3, 0.4) is 0 Å². The molecule has 1 fully saturated rings. The molecule has 3 nitrogen and oxygen atoms in total. The van der Waals surface area contributed by atoms with E-state index >= 15 is 0 Å². The minimum Gasteiger partial charge on any atom is -0.315 e. The summed E-state index contributed by atoms with van der Waals surface area (Å²) in [5, 5.41) is 11.6. The van der Waals surface area contributed by atoms with Gasteiger partial charge in [0.15, 0.2) is 5.92 Å². The van der Waals surface area contributed by atoms with Gasteiger partial charge in [0.2, 0.25) is 0 Å². The first-order valence-corrected chi connectivity index (χ1v) is 5.40.